The number of piperidine rings is 1. The highest BCUT2D eigenvalue weighted by atomic mass is 16.5. The van der Waals surface area contributed by atoms with Crippen LogP contribution in [-0.4, -0.2) is 36.0 Å². The minimum Gasteiger partial charge on any atom is -0.497 e. The van der Waals surface area contributed by atoms with Gasteiger partial charge in [0.05, 0.1) is 7.11 Å². The Kier molecular flexibility index (Phi) is 4.84. The van der Waals surface area contributed by atoms with Gasteiger partial charge in [0.25, 0.3) is 5.91 Å². The number of benzene rings is 2. The van der Waals surface area contributed by atoms with Crippen LogP contribution in [-0.2, 0) is 6.42 Å². The molecule has 1 saturated heterocycles. The number of likely N-dealkylation sites (tertiary alicyclic amines) is 1. The van der Waals surface area contributed by atoms with Gasteiger partial charge in [0.2, 0.25) is 0 Å². The van der Waals surface area contributed by atoms with Crippen molar-refractivity contribution in [3.8, 4) is 5.75 Å². The Labute approximate surface area is 158 Å². The van der Waals surface area contributed by atoms with Gasteiger partial charge in [-0.25, -0.2) is 4.98 Å². The van der Waals surface area contributed by atoms with Crippen LogP contribution in [0.1, 0.15) is 41.6 Å². The van der Waals surface area contributed by atoms with E-state index in [4.69, 9.17) is 9.15 Å². The van der Waals surface area contributed by atoms with Gasteiger partial charge >= 0.3 is 0 Å². The molecule has 2 aromatic carbocycles. The first kappa shape index (κ1) is 17.6. The summed E-state index contributed by atoms with van der Waals surface area (Å²) in [6.45, 7) is 3.86. The molecule has 0 bridgehead atoms. The summed E-state index contributed by atoms with van der Waals surface area (Å²) in [4.78, 5) is 19.3. The van der Waals surface area contributed by atoms with E-state index in [1.54, 1.807) is 7.11 Å². The van der Waals surface area contributed by atoms with E-state index in [9.17, 15) is 4.79 Å². The maximum absolute atomic E-state index is 12.8. The first-order valence-electron chi connectivity index (χ1n) is 9.44. The van der Waals surface area contributed by atoms with E-state index in [1.165, 1.54) is 6.42 Å². The van der Waals surface area contributed by atoms with E-state index < -0.39 is 0 Å². The van der Waals surface area contributed by atoms with Crippen LogP contribution in [0.5, 0.6) is 5.75 Å². The molecule has 0 spiro atoms. The minimum atomic E-state index is 0.0801. The van der Waals surface area contributed by atoms with Crippen molar-refractivity contribution in [2.75, 3.05) is 20.2 Å². The van der Waals surface area contributed by atoms with Crippen LogP contribution in [0.2, 0.25) is 0 Å². The van der Waals surface area contributed by atoms with Crippen molar-refractivity contribution in [3.63, 3.8) is 0 Å². The number of amides is 1. The molecule has 5 heteroatoms. The Morgan fingerprint density at radius 2 is 2.07 bits per heavy atom. The van der Waals surface area contributed by atoms with Crippen LogP contribution >= 0.6 is 0 Å². The number of nitrogens with zero attached hydrogens (tertiary/aromatic N) is 2. The van der Waals surface area contributed by atoms with E-state index in [0.29, 0.717) is 29.4 Å². The molecule has 1 fully saturated rings. The molecule has 140 valence electrons. The first-order valence-corrected chi connectivity index (χ1v) is 9.44. The topological polar surface area (TPSA) is 55.6 Å². The second kappa shape index (κ2) is 7.43. The predicted octanol–water partition coefficient (Wildman–Crippen LogP) is 4.30. The molecule has 1 amide bonds. The van der Waals surface area contributed by atoms with Gasteiger partial charge in [-0.3, -0.25) is 4.79 Å². The molecular formula is C22H24N2O3. The predicted molar refractivity (Wildman–Crippen MR) is 104 cm³/mol. The molecule has 5 nitrogen and oxygen atoms in total. The quantitative estimate of drug-likeness (QED) is 0.693. The van der Waals surface area contributed by atoms with Crippen LogP contribution in [0.4, 0.5) is 0 Å². The SMILES string of the molecule is COc1ccc(Cc2nc3ccc(C(=O)N4CCCC(C)C4)cc3o2)cc1. The van der Waals surface area contributed by atoms with Crippen molar-refractivity contribution in [1.29, 1.82) is 0 Å². The molecule has 0 radical (unpaired) electrons. The van der Waals surface area contributed by atoms with Gasteiger partial charge in [0.1, 0.15) is 11.3 Å². The molecule has 0 aliphatic carbocycles. The van der Waals surface area contributed by atoms with Gasteiger partial charge < -0.3 is 14.1 Å². The number of oxazole rings is 1. The summed E-state index contributed by atoms with van der Waals surface area (Å²) >= 11 is 0. The number of methoxy groups -OCH3 is 1. The van der Waals surface area contributed by atoms with E-state index in [2.05, 4.69) is 11.9 Å². The Bertz CT molecular complexity index is 946. The van der Waals surface area contributed by atoms with Gasteiger partial charge in [0, 0.05) is 25.1 Å². The van der Waals surface area contributed by atoms with E-state index in [0.717, 1.165) is 36.3 Å². The highest BCUT2D eigenvalue weighted by Gasteiger charge is 2.22. The maximum Gasteiger partial charge on any atom is 0.254 e. The standard InChI is InChI=1S/C22H24N2O3/c1-15-4-3-11-24(14-15)22(25)17-7-10-19-20(13-17)27-21(23-19)12-16-5-8-18(26-2)9-6-16/h5-10,13,15H,3-4,11-12,14H2,1-2H3. The first-order chi connectivity index (χ1) is 13.1. The van der Waals surface area contributed by atoms with Crippen LogP contribution < -0.4 is 4.74 Å². The van der Waals surface area contributed by atoms with Crippen molar-refractivity contribution < 1.29 is 13.9 Å². The van der Waals surface area contributed by atoms with Crippen molar-refractivity contribution in [2.24, 2.45) is 5.92 Å². The molecule has 3 aromatic rings. The summed E-state index contributed by atoms with van der Waals surface area (Å²) < 4.78 is 11.1. The van der Waals surface area contributed by atoms with Gasteiger partial charge in [0.15, 0.2) is 11.5 Å². The zero-order valence-corrected chi connectivity index (χ0v) is 15.8. The molecule has 1 unspecified atom stereocenters. The third-order valence-electron chi connectivity index (χ3n) is 5.14. The lowest BCUT2D eigenvalue weighted by Crippen LogP contribution is -2.39. The number of aromatic nitrogens is 1. The van der Waals surface area contributed by atoms with Gasteiger partial charge in [-0.05, 0) is 54.7 Å². The van der Waals surface area contributed by atoms with Gasteiger partial charge in [-0.1, -0.05) is 19.1 Å². The van der Waals surface area contributed by atoms with Gasteiger partial charge in [-0.2, -0.15) is 0 Å². The molecule has 4 rings (SSSR count). The van der Waals surface area contributed by atoms with Crippen molar-refractivity contribution in [2.45, 2.75) is 26.2 Å². The summed E-state index contributed by atoms with van der Waals surface area (Å²) in [6, 6.07) is 13.4. The fourth-order valence-electron chi connectivity index (χ4n) is 3.66. The number of fused-ring (bicyclic) bond motifs is 1. The molecule has 0 saturated carbocycles. The molecule has 1 atom stereocenters. The second-order valence-electron chi connectivity index (χ2n) is 7.31. The zero-order chi connectivity index (χ0) is 18.8. The third kappa shape index (κ3) is 3.82. The van der Waals surface area contributed by atoms with E-state index in [1.807, 2.05) is 47.4 Å². The molecule has 1 aliphatic heterocycles. The second-order valence-corrected chi connectivity index (χ2v) is 7.31. The zero-order valence-electron chi connectivity index (χ0n) is 15.8. The molecule has 2 heterocycles. The molecular weight excluding hydrogens is 340 g/mol. The number of hydrogen-bond donors (Lipinski definition) is 0. The van der Waals surface area contributed by atoms with Crippen molar-refractivity contribution in [3.05, 3.63) is 59.5 Å². The highest BCUT2D eigenvalue weighted by Crippen LogP contribution is 2.23. The summed E-state index contributed by atoms with van der Waals surface area (Å²) in [5.41, 5.74) is 3.21. The molecule has 27 heavy (non-hydrogen) atoms. The monoisotopic (exact) mass is 364 g/mol. The molecule has 1 aliphatic rings. The lowest BCUT2D eigenvalue weighted by molar-refractivity contribution is 0.0683. The largest absolute Gasteiger partial charge is 0.497 e. The third-order valence-corrected chi connectivity index (χ3v) is 5.14. The average molecular weight is 364 g/mol. The Hall–Kier alpha value is -2.82. The number of carbonyl (C=O) groups excluding carboxylic acids is 1. The Morgan fingerprint density at radius 1 is 1.26 bits per heavy atom. The summed E-state index contributed by atoms with van der Waals surface area (Å²) in [6.07, 6.45) is 2.87. The van der Waals surface area contributed by atoms with Crippen LogP contribution in [0.3, 0.4) is 0 Å². The van der Waals surface area contributed by atoms with E-state index >= 15 is 0 Å². The highest BCUT2D eigenvalue weighted by molar-refractivity contribution is 5.97. The summed E-state index contributed by atoms with van der Waals surface area (Å²) in [5, 5.41) is 0. The average Bonchev–Trinajstić information content (AvgIpc) is 3.09. The van der Waals surface area contributed by atoms with Crippen LogP contribution in [0.25, 0.3) is 11.1 Å². The Morgan fingerprint density at radius 3 is 2.81 bits per heavy atom. The fourth-order valence-corrected chi connectivity index (χ4v) is 3.66. The lowest BCUT2D eigenvalue weighted by Gasteiger charge is -2.30. The van der Waals surface area contributed by atoms with Gasteiger partial charge in [-0.15, -0.1) is 0 Å². The van der Waals surface area contributed by atoms with Crippen LogP contribution in [0.15, 0.2) is 46.9 Å². The number of ether oxygens (including phenoxy) is 1. The number of carbonyl (C=O) groups is 1. The van der Waals surface area contributed by atoms with E-state index in [-0.39, 0.29) is 5.91 Å². The number of rotatable bonds is 4. The summed E-state index contributed by atoms with van der Waals surface area (Å²) in [7, 11) is 1.65. The fraction of sp³-hybridized carbons (Fsp3) is 0.364. The van der Waals surface area contributed by atoms with Crippen LogP contribution in [0, 0.1) is 5.92 Å². The molecule has 0 N–H and O–H groups in total. The smallest absolute Gasteiger partial charge is 0.254 e. The lowest BCUT2D eigenvalue weighted by atomic mass is 9.99. The minimum absolute atomic E-state index is 0.0801. The summed E-state index contributed by atoms with van der Waals surface area (Å²) in [5.74, 6) is 2.11. The Balaban J connectivity index is 1.53. The van der Waals surface area contributed by atoms with Crippen molar-refractivity contribution >= 4 is 17.0 Å². The number of hydrogen-bond acceptors (Lipinski definition) is 4. The van der Waals surface area contributed by atoms with Crippen molar-refractivity contribution in [1.82, 2.24) is 9.88 Å². The molecule has 1 aromatic heterocycles. The maximum atomic E-state index is 12.8. The normalized spacial score (nSPS) is 17.3.